The van der Waals surface area contributed by atoms with Crippen molar-refractivity contribution in [1.29, 1.82) is 0 Å². The molecule has 0 atom stereocenters. The van der Waals surface area contributed by atoms with Gasteiger partial charge in [0.2, 0.25) is 0 Å². The maximum Gasteiger partial charge on any atom is 0.120 e. The summed E-state index contributed by atoms with van der Waals surface area (Å²) in [5.74, 6) is 0.912. The van der Waals surface area contributed by atoms with E-state index in [-0.39, 0.29) is 0 Å². The molecule has 0 fully saturated rings. The fraction of sp³-hybridized carbons (Fsp3) is 0.261. The SMILES string of the molecule is C=CCN(C)CC=CCOc1ccc2c(c1)CCN=C2c1ccc(Br)cc1. The van der Waals surface area contributed by atoms with Crippen molar-refractivity contribution in [3.8, 4) is 5.75 Å². The second-order valence-electron chi connectivity index (χ2n) is 6.60. The third-order valence-electron chi connectivity index (χ3n) is 4.47. The van der Waals surface area contributed by atoms with Gasteiger partial charge in [0, 0.05) is 35.2 Å². The van der Waals surface area contributed by atoms with Crippen LogP contribution in [0.15, 0.2) is 76.7 Å². The fourth-order valence-corrected chi connectivity index (χ4v) is 3.35. The number of nitrogens with zero attached hydrogens (tertiary/aromatic N) is 2. The molecule has 2 aromatic rings. The van der Waals surface area contributed by atoms with Crippen molar-refractivity contribution in [2.75, 3.05) is 33.3 Å². The number of hydrogen-bond donors (Lipinski definition) is 0. The van der Waals surface area contributed by atoms with E-state index in [1.807, 2.05) is 12.1 Å². The summed E-state index contributed by atoms with van der Waals surface area (Å²) in [4.78, 5) is 6.94. The highest BCUT2D eigenvalue weighted by Crippen LogP contribution is 2.25. The molecule has 0 N–H and O–H groups in total. The number of ether oxygens (including phenoxy) is 1. The molecule has 3 rings (SSSR count). The van der Waals surface area contributed by atoms with Gasteiger partial charge in [-0.3, -0.25) is 9.89 Å². The first kappa shape index (κ1) is 19.6. The van der Waals surface area contributed by atoms with E-state index in [1.165, 1.54) is 11.1 Å². The molecule has 2 aromatic carbocycles. The molecule has 1 heterocycles. The second-order valence-corrected chi connectivity index (χ2v) is 7.51. The summed E-state index contributed by atoms with van der Waals surface area (Å²) < 4.78 is 6.98. The minimum Gasteiger partial charge on any atom is -0.490 e. The van der Waals surface area contributed by atoms with Gasteiger partial charge in [-0.05, 0) is 49.4 Å². The molecule has 0 saturated carbocycles. The molecule has 3 nitrogen and oxygen atoms in total. The molecule has 0 amide bonds. The quantitative estimate of drug-likeness (QED) is 0.563. The third kappa shape index (κ3) is 5.41. The van der Waals surface area contributed by atoms with Crippen LogP contribution in [0.4, 0.5) is 0 Å². The lowest BCUT2D eigenvalue weighted by atomic mass is 9.93. The van der Waals surface area contributed by atoms with Gasteiger partial charge in [0.05, 0.1) is 5.71 Å². The molecule has 0 aliphatic carbocycles. The van der Waals surface area contributed by atoms with Crippen molar-refractivity contribution in [2.24, 2.45) is 4.99 Å². The van der Waals surface area contributed by atoms with Gasteiger partial charge in [0.25, 0.3) is 0 Å². The summed E-state index contributed by atoms with van der Waals surface area (Å²) in [5, 5.41) is 0. The number of benzene rings is 2. The first-order valence-electron chi connectivity index (χ1n) is 9.18. The van der Waals surface area contributed by atoms with Crippen molar-refractivity contribution >= 4 is 21.6 Å². The van der Waals surface area contributed by atoms with Gasteiger partial charge in [-0.2, -0.15) is 0 Å². The van der Waals surface area contributed by atoms with Crippen LogP contribution >= 0.6 is 15.9 Å². The smallest absolute Gasteiger partial charge is 0.120 e. The summed E-state index contributed by atoms with van der Waals surface area (Å²) in [5.41, 5.74) is 4.73. The number of hydrogen-bond acceptors (Lipinski definition) is 3. The second kappa shape index (κ2) is 9.67. The van der Waals surface area contributed by atoms with Crippen molar-refractivity contribution < 1.29 is 4.74 Å². The molecule has 0 unspecified atom stereocenters. The Labute approximate surface area is 170 Å². The summed E-state index contributed by atoms with van der Waals surface area (Å²) in [6.07, 6.45) is 7.05. The van der Waals surface area contributed by atoms with E-state index in [1.54, 1.807) is 0 Å². The summed E-state index contributed by atoms with van der Waals surface area (Å²) in [6, 6.07) is 14.7. The molecule has 27 heavy (non-hydrogen) atoms. The van der Waals surface area contributed by atoms with Crippen LogP contribution in [-0.4, -0.2) is 43.9 Å². The van der Waals surface area contributed by atoms with E-state index in [9.17, 15) is 0 Å². The number of rotatable bonds is 8. The number of halogens is 1. The van der Waals surface area contributed by atoms with Crippen molar-refractivity contribution in [2.45, 2.75) is 6.42 Å². The molecule has 1 aliphatic rings. The zero-order valence-electron chi connectivity index (χ0n) is 15.7. The largest absolute Gasteiger partial charge is 0.490 e. The first-order chi connectivity index (χ1) is 13.2. The van der Waals surface area contributed by atoms with Crippen molar-refractivity contribution in [3.05, 3.63) is 88.4 Å². The fourth-order valence-electron chi connectivity index (χ4n) is 3.09. The molecular formula is C23H25BrN2O. The Morgan fingerprint density at radius 3 is 2.74 bits per heavy atom. The van der Waals surface area contributed by atoms with Crippen LogP contribution in [0.25, 0.3) is 0 Å². The zero-order chi connectivity index (χ0) is 19.1. The van der Waals surface area contributed by atoms with Gasteiger partial charge >= 0.3 is 0 Å². The van der Waals surface area contributed by atoms with Gasteiger partial charge in [0.1, 0.15) is 12.4 Å². The lowest BCUT2D eigenvalue weighted by Gasteiger charge is -2.18. The van der Waals surface area contributed by atoms with Crippen LogP contribution in [0.2, 0.25) is 0 Å². The molecule has 0 spiro atoms. The molecule has 140 valence electrons. The van der Waals surface area contributed by atoms with E-state index in [0.29, 0.717) is 6.61 Å². The molecule has 0 bridgehead atoms. The van der Waals surface area contributed by atoms with Crippen LogP contribution in [-0.2, 0) is 6.42 Å². The first-order valence-corrected chi connectivity index (χ1v) is 9.97. The topological polar surface area (TPSA) is 24.8 Å². The highest BCUT2D eigenvalue weighted by molar-refractivity contribution is 9.10. The van der Waals surface area contributed by atoms with Crippen LogP contribution in [0.3, 0.4) is 0 Å². The molecule has 1 aliphatic heterocycles. The van der Waals surface area contributed by atoms with Crippen LogP contribution in [0, 0.1) is 0 Å². The lowest BCUT2D eigenvalue weighted by molar-refractivity contribution is 0.360. The summed E-state index contributed by atoms with van der Waals surface area (Å²) in [6.45, 7) is 6.92. The minimum atomic E-state index is 0.578. The maximum absolute atomic E-state index is 5.90. The van der Waals surface area contributed by atoms with Gasteiger partial charge < -0.3 is 4.74 Å². The average Bonchev–Trinajstić information content (AvgIpc) is 2.68. The van der Waals surface area contributed by atoms with Gasteiger partial charge in [-0.15, -0.1) is 6.58 Å². The third-order valence-corrected chi connectivity index (χ3v) is 5.00. The molecule has 0 aromatic heterocycles. The van der Waals surface area contributed by atoms with Crippen molar-refractivity contribution in [3.63, 3.8) is 0 Å². The average molecular weight is 425 g/mol. The Hall–Kier alpha value is -2.17. The van der Waals surface area contributed by atoms with E-state index in [0.717, 1.165) is 47.6 Å². The Morgan fingerprint density at radius 2 is 1.96 bits per heavy atom. The minimum absolute atomic E-state index is 0.578. The zero-order valence-corrected chi connectivity index (χ0v) is 17.3. The predicted octanol–water partition coefficient (Wildman–Crippen LogP) is 4.90. The highest BCUT2D eigenvalue weighted by atomic mass is 79.9. The van der Waals surface area contributed by atoms with Crippen molar-refractivity contribution in [1.82, 2.24) is 4.90 Å². The van der Waals surface area contributed by atoms with E-state index < -0.39 is 0 Å². The van der Waals surface area contributed by atoms with E-state index >= 15 is 0 Å². The summed E-state index contributed by atoms with van der Waals surface area (Å²) in [7, 11) is 2.07. The Morgan fingerprint density at radius 1 is 1.15 bits per heavy atom. The maximum atomic E-state index is 5.90. The normalized spacial score (nSPS) is 13.5. The monoisotopic (exact) mass is 424 g/mol. The van der Waals surface area contributed by atoms with Crippen LogP contribution in [0.1, 0.15) is 16.7 Å². The van der Waals surface area contributed by atoms with Crippen LogP contribution in [0.5, 0.6) is 5.75 Å². The standard InChI is InChI=1S/C23H25BrN2O/c1-3-14-26(2)15-4-5-16-27-21-10-11-22-19(17-21)12-13-25-23(22)18-6-8-20(24)9-7-18/h3-11,17H,1,12-16H2,2H3. The number of likely N-dealkylation sites (N-methyl/N-ethyl adjacent to an activating group) is 1. The van der Waals surface area contributed by atoms with E-state index in [4.69, 9.17) is 9.73 Å². The van der Waals surface area contributed by atoms with Gasteiger partial charge in [-0.1, -0.05) is 46.3 Å². The molecule has 0 radical (unpaired) electrons. The highest BCUT2D eigenvalue weighted by Gasteiger charge is 2.16. The molecule has 0 saturated heterocycles. The number of aliphatic imine (C=N–C) groups is 1. The van der Waals surface area contributed by atoms with E-state index in [2.05, 4.69) is 83.0 Å². The summed E-state index contributed by atoms with van der Waals surface area (Å²) >= 11 is 3.49. The Balaban J connectivity index is 1.63. The van der Waals surface area contributed by atoms with Gasteiger partial charge in [-0.25, -0.2) is 0 Å². The van der Waals surface area contributed by atoms with Crippen LogP contribution < -0.4 is 4.74 Å². The molecule has 4 heteroatoms. The van der Waals surface area contributed by atoms with Gasteiger partial charge in [0.15, 0.2) is 0 Å². The number of fused-ring (bicyclic) bond motifs is 1. The molecular weight excluding hydrogens is 400 g/mol. The Bertz CT molecular complexity index is 840. The Kier molecular flexibility index (Phi) is 7.02. The lowest BCUT2D eigenvalue weighted by Crippen LogP contribution is -2.17. The predicted molar refractivity (Wildman–Crippen MR) is 117 cm³/mol.